The van der Waals surface area contributed by atoms with Gasteiger partial charge in [-0.1, -0.05) is 23.8 Å². The van der Waals surface area contributed by atoms with Crippen molar-refractivity contribution in [3.63, 3.8) is 0 Å². The van der Waals surface area contributed by atoms with Crippen molar-refractivity contribution in [1.82, 2.24) is 0 Å². The minimum Gasteiger partial charge on any atom is -0.399 e. The van der Waals surface area contributed by atoms with E-state index in [4.69, 9.17) is 5.73 Å². The first-order valence-electron chi connectivity index (χ1n) is 6.64. The van der Waals surface area contributed by atoms with Crippen molar-refractivity contribution < 1.29 is 4.79 Å². The van der Waals surface area contributed by atoms with Crippen LogP contribution in [0.1, 0.15) is 32.6 Å². The van der Waals surface area contributed by atoms with E-state index in [1.165, 1.54) is 5.56 Å². The highest BCUT2D eigenvalue weighted by molar-refractivity contribution is 6.06. The number of hydrogen-bond donors (Lipinski definition) is 2. The molecule has 0 spiro atoms. The van der Waals surface area contributed by atoms with E-state index in [1.54, 1.807) is 12.1 Å². The first-order chi connectivity index (χ1) is 9.38. The van der Waals surface area contributed by atoms with E-state index in [9.17, 15) is 4.79 Å². The predicted octanol–water partition coefficient (Wildman–Crippen LogP) is 3.75. The van der Waals surface area contributed by atoms with Gasteiger partial charge >= 0.3 is 0 Å². The second-order valence-corrected chi connectivity index (χ2v) is 5.30. The fraction of sp³-hybridized carbons (Fsp3) is 0.235. The fourth-order valence-electron chi connectivity index (χ4n) is 2.44. The molecule has 0 atom stereocenters. The highest BCUT2D eigenvalue weighted by Crippen LogP contribution is 2.23. The van der Waals surface area contributed by atoms with Crippen LogP contribution in [0.15, 0.2) is 30.3 Å². The molecule has 20 heavy (non-hydrogen) atoms. The second-order valence-electron chi connectivity index (χ2n) is 5.30. The van der Waals surface area contributed by atoms with E-state index in [-0.39, 0.29) is 5.91 Å². The molecule has 104 valence electrons. The summed E-state index contributed by atoms with van der Waals surface area (Å²) >= 11 is 0. The van der Waals surface area contributed by atoms with Crippen LogP contribution in [0.2, 0.25) is 0 Å². The van der Waals surface area contributed by atoms with Crippen molar-refractivity contribution in [2.45, 2.75) is 27.7 Å². The maximum absolute atomic E-state index is 12.4. The van der Waals surface area contributed by atoms with E-state index in [2.05, 4.69) is 17.4 Å². The van der Waals surface area contributed by atoms with Gasteiger partial charge in [-0.25, -0.2) is 0 Å². The van der Waals surface area contributed by atoms with Crippen molar-refractivity contribution in [1.29, 1.82) is 0 Å². The molecule has 3 N–H and O–H groups in total. The summed E-state index contributed by atoms with van der Waals surface area (Å²) in [4.78, 5) is 12.4. The van der Waals surface area contributed by atoms with Gasteiger partial charge in [-0.15, -0.1) is 0 Å². The molecule has 0 unspecified atom stereocenters. The summed E-state index contributed by atoms with van der Waals surface area (Å²) in [6, 6.07) is 9.50. The lowest BCUT2D eigenvalue weighted by Crippen LogP contribution is -2.15. The molecular weight excluding hydrogens is 248 g/mol. The Balaban J connectivity index is 2.35. The molecule has 0 aliphatic heterocycles. The van der Waals surface area contributed by atoms with E-state index in [0.717, 1.165) is 22.4 Å². The third kappa shape index (κ3) is 2.82. The Morgan fingerprint density at radius 3 is 2.15 bits per heavy atom. The van der Waals surface area contributed by atoms with Crippen LogP contribution < -0.4 is 11.1 Å². The molecule has 0 saturated heterocycles. The molecular formula is C17H20N2O. The van der Waals surface area contributed by atoms with Crippen LogP contribution >= 0.6 is 0 Å². The number of anilines is 2. The molecule has 0 aromatic heterocycles. The molecule has 2 rings (SSSR count). The number of benzene rings is 2. The van der Waals surface area contributed by atoms with Crippen LogP contribution in [0, 0.1) is 27.7 Å². The van der Waals surface area contributed by atoms with Crippen molar-refractivity contribution >= 4 is 17.3 Å². The number of rotatable bonds is 2. The molecule has 0 aliphatic rings. The molecule has 0 aliphatic carbocycles. The van der Waals surface area contributed by atoms with Crippen LogP contribution in [0.3, 0.4) is 0 Å². The van der Waals surface area contributed by atoms with Gasteiger partial charge in [0.05, 0.1) is 0 Å². The predicted molar refractivity (Wildman–Crippen MR) is 84.2 cm³/mol. The molecule has 3 nitrogen and oxygen atoms in total. The molecule has 2 aromatic carbocycles. The Labute approximate surface area is 119 Å². The monoisotopic (exact) mass is 268 g/mol. The minimum absolute atomic E-state index is 0.121. The summed E-state index contributed by atoms with van der Waals surface area (Å²) in [5, 5.41) is 3.00. The van der Waals surface area contributed by atoms with Crippen LogP contribution in [-0.4, -0.2) is 5.91 Å². The maximum Gasteiger partial charge on any atom is 0.256 e. The molecule has 0 saturated carbocycles. The van der Waals surface area contributed by atoms with E-state index >= 15 is 0 Å². The smallest absolute Gasteiger partial charge is 0.256 e. The molecule has 0 radical (unpaired) electrons. The summed E-state index contributed by atoms with van der Waals surface area (Å²) < 4.78 is 0. The fourth-order valence-corrected chi connectivity index (χ4v) is 2.44. The Morgan fingerprint density at radius 2 is 1.55 bits per heavy atom. The Bertz CT molecular complexity index is 652. The number of nitrogens with one attached hydrogen (secondary N) is 1. The molecule has 0 bridgehead atoms. The van der Waals surface area contributed by atoms with Gasteiger partial charge < -0.3 is 11.1 Å². The van der Waals surface area contributed by atoms with Crippen LogP contribution in [0.4, 0.5) is 11.4 Å². The van der Waals surface area contributed by atoms with Crippen LogP contribution in [0.5, 0.6) is 0 Å². The third-order valence-corrected chi connectivity index (χ3v) is 3.42. The van der Waals surface area contributed by atoms with E-state index in [0.29, 0.717) is 11.3 Å². The number of hydrogen-bond acceptors (Lipinski definition) is 2. The molecule has 2 aromatic rings. The van der Waals surface area contributed by atoms with Gasteiger partial charge in [0.1, 0.15) is 0 Å². The van der Waals surface area contributed by atoms with Gasteiger partial charge in [0.2, 0.25) is 0 Å². The zero-order valence-corrected chi connectivity index (χ0v) is 12.4. The van der Waals surface area contributed by atoms with Gasteiger partial charge in [-0.2, -0.15) is 0 Å². The van der Waals surface area contributed by atoms with Gasteiger partial charge in [-0.05, 0) is 56.5 Å². The molecule has 1 amide bonds. The molecule has 0 heterocycles. The largest absolute Gasteiger partial charge is 0.399 e. The Morgan fingerprint density at radius 1 is 0.950 bits per heavy atom. The lowest BCUT2D eigenvalue weighted by atomic mass is 10.0. The van der Waals surface area contributed by atoms with Crippen molar-refractivity contribution in [3.05, 3.63) is 58.1 Å². The van der Waals surface area contributed by atoms with Gasteiger partial charge in [-0.3, -0.25) is 4.79 Å². The summed E-state index contributed by atoms with van der Waals surface area (Å²) in [6.07, 6.45) is 0. The van der Waals surface area contributed by atoms with Gasteiger partial charge in [0.25, 0.3) is 5.91 Å². The highest BCUT2D eigenvalue weighted by atomic mass is 16.1. The van der Waals surface area contributed by atoms with E-state index < -0.39 is 0 Å². The highest BCUT2D eigenvalue weighted by Gasteiger charge is 2.12. The summed E-state index contributed by atoms with van der Waals surface area (Å²) in [6.45, 7) is 7.96. The second kappa shape index (κ2) is 5.37. The third-order valence-electron chi connectivity index (χ3n) is 3.42. The summed E-state index contributed by atoms with van der Waals surface area (Å²) in [7, 11) is 0. The van der Waals surface area contributed by atoms with Crippen molar-refractivity contribution in [2.75, 3.05) is 11.1 Å². The van der Waals surface area contributed by atoms with Gasteiger partial charge in [0, 0.05) is 16.9 Å². The van der Waals surface area contributed by atoms with Gasteiger partial charge in [0.15, 0.2) is 0 Å². The first-order valence-corrected chi connectivity index (χ1v) is 6.64. The average molecular weight is 268 g/mol. The topological polar surface area (TPSA) is 55.1 Å². The standard InChI is InChI=1S/C17H20N2O/c1-10-7-12(3)16(13(4)8-10)19-17(20)15-9-14(18)6-5-11(15)2/h5-9H,18H2,1-4H3,(H,19,20). The number of amides is 1. The number of nitrogen functional groups attached to an aromatic ring is 1. The maximum atomic E-state index is 12.4. The van der Waals surface area contributed by atoms with Crippen molar-refractivity contribution in [2.24, 2.45) is 0 Å². The van der Waals surface area contributed by atoms with Crippen LogP contribution in [0.25, 0.3) is 0 Å². The molecule has 0 fully saturated rings. The first kappa shape index (κ1) is 14.1. The Hall–Kier alpha value is -2.29. The zero-order chi connectivity index (χ0) is 14.9. The summed E-state index contributed by atoms with van der Waals surface area (Å²) in [5.74, 6) is -0.121. The van der Waals surface area contributed by atoms with Crippen molar-refractivity contribution in [3.8, 4) is 0 Å². The van der Waals surface area contributed by atoms with E-state index in [1.807, 2.05) is 33.8 Å². The quantitative estimate of drug-likeness (QED) is 0.815. The normalized spacial score (nSPS) is 10.4. The SMILES string of the molecule is Cc1cc(C)c(NC(=O)c2cc(N)ccc2C)c(C)c1. The summed E-state index contributed by atoms with van der Waals surface area (Å²) in [5.41, 5.74) is 12.1. The zero-order valence-electron chi connectivity index (χ0n) is 12.4. The number of carbonyl (C=O) groups excluding carboxylic acids is 1. The average Bonchev–Trinajstić information content (AvgIpc) is 2.36. The number of carbonyl (C=O) groups is 1. The Kier molecular flexibility index (Phi) is 3.79. The lowest BCUT2D eigenvalue weighted by molar-refractivity contribution is 0.102. The number of nitrogens with two attached hydrogens (primary N) is 1. The van der Waals surface area contributed by atoms with Crippen LogP contribution in [-0.2, 0) is 0 Å². The lowest BCUT2D eigenvalue weighted by Gasteiger charge is -2.14. The number of aryl methyl sites for hydroxylation is 4. The minimum atomic E-state index is -0.121. The molecule has 3 heteroatoms.